The third-order valence-electron chi connectivity index (χ3n) is 5.66. The molecular formula is C23H26N6OS. The summed E-state index contributed by atoms with van der Waals surface area (Å²) in [5.74, 6) is 1.76. The van der Waals surface area contributed by atoms with Gasteiger partial charge in [-0.1, -0.05) is 18.2 Å². The Balaban J connectivity index is 1.39. The summed E-state index contributed by atoms with van der Waals surface area (Å²) < 4.78 is 7.37. The summed E-state index contributed by atoms with van der Waals surface area (Å²) in [5, 5.41) is 9.19. The van der Waals surface area contributed by atoms with Gasteiger partial charge in [-0.25, -0.2) is 14.6 Å². The molecule has 0 unspecified atom stereocenters. The van der Waals surface area contributed by atoms with E-state index in [1.807, 2.05) is 41.2 Å². The minimum atomic E-state index is 0.657. The monoisotopic (exact) mass is 434 g/mol. The number of rotatable bonds is 6. The van der Waals surface area contributed by atoms with E-state index in [1.165, 1.54) is 10.4 Å². The number of para-hydroxylation sites is 1. The van der Waals surface area contributed by atoms with Crippen molar-refractivity contribution in [2.45, 2.75) is 26.9 Å². The molecule has 1 saturated heterocycles. The maximum absolute atomic E-state index is 5.47. The van der Waals surface area contributed by atoms with Gasteiger partial charge < -0.3 is 10.1 Å². The number of fused-ring (bicyclic) bond motifs is 1. The molecule has 1 fully saturated rings. The summed E-state index contributed by atoms with van der Waals surface area (Å²) in [6.45, 7) is 9.09. The largest absolute Gasteiger partial charge is 0.379 e. The Morgan fingerprint density at radius 1 is 1.10 bits per heavy atom. The van der Waals surface area contributed by atoms with Gasteiger partial charge in [0.15, 0.2) is 0 Å². The fraction of sp³-hybridized carbons (Fsp3) is 0.348. The predicted octanol–water partition coefficient (Wildman–Crippen LogP) is 3.94. The molecule has 1 aromatic carbocycles. The number of morpholine rings is 1. The van der Waals surface area contributed by atoms with Crippen LogP contribution in [-0.4, -0.2) is 51.0 Å². The van der Waals surface area contributed by atoms with E-state index in [2.05, 4.69) is 35.4 Å². The Hall–Kier alpha value is -2.81. The van der Waals surface area contributed by atoms with Gasteiger partial charge in [-0.3, -0.25) is 4.90 Å². The molecule has 31 heavy (non-hydrogen) atoms. The van der Waals surface area contributed by atoms with Gasteiger partial charge in [-0.05, 0) is 31.5 Å². The Morgan fingerprint density at radius 2 is 1.90 bits per heavy atom. The molecule has 5 rings (SSSR count). The van der Waals surface area contributed by atoms with Gasteiger partial charge in [0.2, 0.25) is 0 Å². The summed E-state index contributed by atoms with van der Waals surface area (Å²) in [5.41, 5.74) is 3.41. The lowest BCUT2D eigenvalue weighted by Gasteiger charge is -2.25. The van der Waals surface area contributed by atoms with E-state index in [4.69, 9.17) is 14.7 Å². The number of hydrogen-bond donors (Lipinski definition) is 1. The number of hydrogen-bond acceptors (Lipinski definition) is 7. The molecule has 4 aromatic rings. The van der Waals surface area contributed by atoms with Gasteiger partial charge >= 0.3 is 0 Å². The highest BCUT2D eigenvalue weighted by molar-refractivity contribution is 7.18. The van der Waals surface area contributed by atoms with Crippen LogP contribution in [0.25, 0.3) is 15.9 Å². The molecule has 7 nitrogen and oxygen atoms in total. The lowest BCUT2D eigenvalue weighted by atomic mass is 10.2. The first-order valence-electron chi connectivity index (χ1n) is 10.6. The summed E-state index contributed by atoms with van der Waals surface area (Å²) in [6, 6.07) is 10.1. The molecule has 8 heteroatoms. The first kappa shape index (κ1) is 20.1. The summed E-state index contributed by atoms with van der Waals surface area (Å²) in [6.07, 6.45) is 3.96. The van der Waals surface area contributed by atoms with E-state index in [-0.39, 0.29) is 0 Å². The molecule has 1 N–H and O–H groups in total. The van der Waals surface area contributed by atoms with Crippen molar-refractivity contribution in [2.24, 2.45) is 0 Å². The van der Waals surface area contributed by atoms with Gasteiger partial charge in [0, 0.05) is 36.3 Å². The Labute approximate surface area is 185 Å². The maximum atomic E-state index is 5.47. The third kappa shape index (κ3) is 4.32. The molecule has 0 saturated carbocycles. The molecule has 0 atom stereocenters. The number of aryl methyl sites for hydroxylation is 2. The molecule has 160 valence electrons. The Bertz CT molecular complexity index is 1180. The van der Waals surface area contributed by atoms with Crippen LogP contribution in [-0.2, 0) is 17.8 Å². The highest BCUT2D eigenvalue weighted by atomic mass is 32.1. The highest BCUT2D eigenvalue weighted by Gasteiger charge is 2.18. The second kappa shape index (κ2) is 8.74. The lowest BCUT2D eigenvalue weighted by Crippen LogP contribution is -2.36. The van der Waals surface area contributed by atoms with Crippen LogP contribution in [0, 0.1) is 13.8 Å². The molecule has 0 spiro atoms. The van der Waals surface area contributed by atoms with Crippen LogP contribution in [0.15, 0.2) is 42.7 Å². The molecule has 4 heterocycles. The number of nitrogens with one attached hydrogen (secondary N) is 1. The minimum Gasteiger partial charge on any atom is -0.379 e. The fourth-order valence-electron chi connectivity index (χ4n) is 3.81. The van der Waals surface area contributed by atoms with E-state index in [0.29, 0.717) is 6.54 Å². The topological polar surface area (TPSA) is 68.1 Å². The predicted molar refractivity (Wildman–Crippen MR) is 124 cm³/mol. The Morgan fingerprint density at radius 3 is 2.71 bits per heavy atom. The second-order valence-corrected chi connectivity index (χ2v) is 9.03. The van der Waals surface area contributed by atoms with Crippen molar-refractivity contribution in [1.82, 2.24) is 24.6 Å². The van der Waals surface area contributed by atoms with E-state index >= 15 is 0 Å². The zero-order valence-electron chi connectivity index (χ0n) is 17.8. The van der Waals surface area contributed by atoms with Crippen LogP contribution < -0.4 is 5.32 Å². The van der Waals surface area contributed by atoms with Gasteiger partial charge in [0.1, 0.15) is 16.5 Å². The van der Waals surface area contributed by atoms with Crippen LogP contribution in [0.4, 0.5) is 5.82 Å². The standard InChI is InChI=1S/C23H26N6OS/c1-16-17(2)31-23-21(16)22(26-20(27-23)15-28-8-10-30-11-9-28)24-12-18-13-25-29(14-18)19-6-4-3-5-7-19/h3-7,13-14H,8-12,15H2,1-2H3,(H,24,26,27). The van der Waals surface area contributed by atoms with Crippen molar-refractivity contribution >= 4 is 27.4 Å². The van der Waals surface area contributed by atoms with Crippen molar-refractivity contribution in [3.05, 3.63) is 64.6 Å². The smallest absolute Gasteiger partial charge is 0.146 e. The quantitative estimate of drug-likeness (QED) is 0.496. The first-order chi connectivity index (χ1) is 15.2. The zero-order chi connectivity index (χ0) is 21.2. The average Bonchev–Trinajstić information content (AvgIpc) is 3.38. The molecule has 0 amide bonds. The van der Waals surface area contributed by atoms with Gasteiger partial charge in [-0.15, -0.1) is 11.3 Å². The SMILES string of the molecule is Cc1sc2nc(CN3CCOCC3)nc(NCc3cnn(-c4ccccc4)c3)c2c1C. The molecule has 1 aliphatic rings. The number of thiophene rings is 1. The molecule has 0 radical (unpaired) electrons. The van der Waals surface area contributed by atoms with E-state index in [1.54, 1.807) is 11.3 Å². The normalized spacial score (nSPS) is 14.9. The second-order valence-electron chi connectivity index (χ2n) is 7.82. The van der Waals surface area contributed by atoms with E-state index in [0.717, 1.165) is 66.0 Å². The van der Waals surface area contributed by atoms with Crippen LogP contribution in [0.5, 0.6) is 0 Å². The number of ether oxygens (including phenoxy) is 1. The Kier molecular flexibility index (Phi) is 5.67. The van der Waals surface area contributed by atoms with Crippen molar-refractivity contribution in [1.29, 1.82) is 0 Å². The molecular weight excluding hydrogens is 408 g/mol. The van der Waals surface area contributed by atoms with Crippen LogP contribution in [0.2, 0.25) is 0 Å². The molecule has 3 aromatic heterocycles. The number of nitrogens with zero attached hydrogens (tertiary/aromatic N) is 5. The van der Waals surface area contributed by atoms with Gasteiger partial charge in [0.05, 0.1) is 37.0 Å². The van der Waals surface area contributed by atoms with Gasteiger partial charge in [0.25, 0.3) is 0 Å². The first-order valence-corrected chi connectivity index (χ1v) is 11.4. The van der Waals surface area contributed by atoms with E-state index in [9.17, 15) is 0 Å². The zero-order valence-corrected chi connectivity index (χ0v) is 18.7. The van der Waals surface area contributed by atoms with Gasteiger partial charge in [-0.2, -0.15) is 5.10 Å². The average molecular weight is 435 g/mol. The van der Waals surface area contributed by atoms with Crippen LogP contribution in [0.1, 0.15) is 21.8 Å². The highest BCUT2D eigenvalue weighted by Crippen LogP contribution is 2.33. The summed E-state index contributed by atoms with van der Waals surface area (Å²) in [4.78, 5) is 14.5. The van der Waals surface area contributed by atoms with Crippen molar-refractivity contribution in [2.75, 3.05) is 31.6 Å². The fourth-order valence-corrected chi connectivity index (χ4v) is 4.86. The minimum absolute atomic E-state index is 0.657. The number of benzene rings is 1. The number of aromatic nitrogens is 4. The number of anilines is 1. The van der Waals surface area contributed by atoms with Crippen molar-refractivity contribution in [3.8, 4) is 5.69 Å². The molecule has 0 aliphatic carbocycles. The van der Waals surface area contributed by atoms with Crippen molar-refractivity contribution < 1.29 is 4.74 Å². The maximum Gasteiger partial charge on any atom is 0.146 e. The molecule has 0 bridgehead atoms. The molecule has 1 aliphatic heterocycles. The summed E-state index contributed by atoms with van der Waals surface area (Å²) >= 11 is 1.74. The summed E-state index contributed by atoms with van der Waals surface area (Å²) in [7, 11) is 0. The van der Waals surface area contributed by atoms with E-state index < -0.39 is 0 Å². The third-order valence-corrected chi connectivity index (χ3v) is 6.76. The lowest BCUT2D eigenvalue weighted by molar-refractivity contribution is 0.0331. The van der Waals surface area contributed by atoms with Crippen LogP contribution >= 0.6 is 11.3 Å². The van der Waals surface area contributed by atoms with Crippen molar-refractivity contribution in [3.63, 3.8) is 0 Å². The van der Waals surface area contributed by atoms with Crippen LogP contribution in [0.3, 0.4) is 0 Å².